The van der Waals surface area contributed by atoms with Crippen molar-refractivity contribution in [2.45, 2.75) is 13.0 Å². The SMILES string of the molecule is c1cc2c(o1)Cc1[nH]ncc1CN2. The molecule has 0 bridgehead atoms. The Morgan fingerprint density at radius 1 is 1.46 bits per heavy atom. The second kappa shape index (κ2) is 2.39. The molecular formula is C9H9N3O. The molecule has 0 saturated carbocycles. The zero-order valence-corrected chi connectivity index (χ0v) is 7.00. The monoisotopic (exact) mass is 175 g/mol. The van der Waals surface area contributed by atoms with Gasteiger partial charge in [0.1, 0.15) is 5.76 Å². The van der Waals surface area contributed by atoms with Crippen LogP contribution in [0.5, 0.6) is 0 Å². The van der Waals surface area contributed by atoms with Crippen molar-refractivity contribution >= 4 is 5.69 Å². The molecule has 0 aliphatic carbocycles. The maximum atomic E-state index is 5.35. The molecule has 2 N–H and O–H groups in total. The van der Waals surface area contributed by atoms with E-state index < -0.39 is 0 Å². The first-order valence-corrected chi connectivity index (χ1v) is 4.25. The van der Waals surface area contributed by atoms with Gasteiger partial charge >= 0.3 is 0 Å². The summed E-state index contributed by atoms with van der Waals surface area (Å²) < 4.78 is 5.35. The number of rotatable bonds is 0. The van der Waals surface area contributed by atoms with Gasteiger partial charge in [0.25, 0.3) is 0 Å². The number of H-pyrrole nitrogens is 1. The standard InChI is InChI=1S/C9H9N3O/c1-2-13-9-3-8-6(5-11-12-8)4-10-7(1)9/h1-2,5,10H,3-4H2,(H,11,12). The van der Waals surface area contributed by atoms with E-state index in [1.54, 1.807) is 6.26 Å². The van der Waals surface area contributed by atoms with Gasteiger partial charge in [-0.25, -0.2) is 0 Å². The highest BCUT2D eigenvalue weighted by Crippen LogP contribution is 2.25. The van der Waals surface area contributed by atoms with Crippen LogP contribution in [0.3, 0.4) is 0 Å². The molecule has 3 rings (SSSR count). The summed E-state index contributed by atoms with van der Waals surface area (Å²) >= 11 is 0. The molecule has 0 unspecified atom stereocenters. The summed E-state index contributed by atoms with van der Waals surface area (Å²) in [6.07, 6.45) is 4.36. The highest BCUT2D eigenvalue weighted by atomic mass is 16.3. The van der Waals surface area contributed by atoms with Crippen LogP contribution >= 0.6 is 0 Å². The van der Waals surface area contributed by atoms with E-state index in [1.165, 1.54) is 5.56 Å². The fourth-order valence-corrected chi connectivity index (χ4v) is 1.63. The van der Waals surface area contributed by atoms with Gasteiger partial charge in [0, 0.05) is 17.8 Å². The van der Waals surface area contributed by atoms with E-state index in [9.17, 15) is 0 Å². The van der Waals surface area contributed by atoms with Crippen LogP contribution in [0.25, 0.3) is 0 Å². The summed E-state index contributed by atoms with van der Waals surface area (Å²) in [4.78, 5) is 0. The molecule has 0 atom stereocenters. The molecule has 0 amide bonds. The maximum absolute atomic E-state index is 5.35. The van der Waals surface area contributed by atoms with E-state index >= 15 is 0 Å². The molecule has 0 aromatic carbocycles. The van der Waals surface area contributed by atoms with Gasteiger partial charge in [0.05, 0.1) is 24.6 Å². The molecular weight excluding hydrogens is 166 g/mol. The minimum atomic E-state index is 0.796. The zero-order chi connectivity index (χ0) is 8.67. The first kappa shape index (κ1) is 6.77. The lowest BCUT2D eigenvalue weighted by molar-refractivity contribution is 0.521. The molecule has 13 heavy (non-hydrogen) atoms. The Morgan fingerprint density at radius 2 is 2.46 bits per heavy atom. The van der Waals surface area contributed by atoms with Crippen molar-refractivity contribution < 1.29 is 4.42 Å². The largest absolute Gasteiger partial charge is 0.467 e. The number of furan rings is 1. The van der Waals surface area contributed by atoms with Crippen LogP contribution in [-0.4, -0.2) is 10.2 Å². The Hall–Kier alpha value is -1.71. The van der Waals surface area contributed by atoms with Crippen LogP contribution in [0.1, 0.15) is 17.0 Å². The van der Waals surface area contributed by atoms with Gasteiger partial charge in [-0.15, -0.1) is 0 Å². The average molecular weight is 175 g/mol. The lowest BCUT2D eigenvalue weighted by Gasteiger charge is -1.98. The predicted octanol–water partition coefficient (Wildman–Crippen LogP) is 1.52. The van der Waals surface area contributed by atoms with Gasteiger partial charge < -0.3 is 9.73 Å². The molecule has 1 aliphatic rings. The van der Waals surface area contributed by atoms with E-state index in [2.05, 4.69) is 15.5 Å². The third kappa shape index (κ3) is 0.950. The fraction of sp³-hybridized carbons (Fsp3) is 0.222. The first-order chi connectivity index (χ1) is 6.43. The minimum Gasteiger partial charge on any atom is -0.467 e. The number of hydrogen-bond donors (Lipinski definition) is 2. The number of aromatic nitrogens is 2. The van der Waals surface area contributed by atoms with Crippen LogP contribution in [0.15, 0.2) is 22.9 Å². The van der Waals surface area contributed by atoms with Crippen molar-refractivity contribution in [1.82, 2.24) is 10.2 Å². The van der Waals surface area contributed by atoms with Gasteiger partial charge in [-0.05, 0) is 6.07 Å². The molecule has 0 radical (unpaired) electrons. The van der Waals surface area contributed by atoms with Crippen molar-refractivity contribution in [3.63, 3.8) is 0 Å². The molecule has 1 aliphatic heterocycles. The van der Waals surface area contributed by atoms with E-state index in [-0.39, 0.29) is 0 Å². The van der Waals surface area contributed by atoms with Crippen molar-refractivity contribution in [3.8, 4) is 0 Å². The normalized spacial score (nSPS) is 14.2. The van der Waals surface area contributed by atoms with Crippen molar-refractivity contribution in [2.24, 2.45) is 0 Å². The predicted molar refractivity (Wildman–Crippen MR) is 47.4 cm³/mol. The highest BCUT2D eigenvalue weighted by molar-refractivity contribution is 5.50. The minimum absolute atomic E-state index is 0.796. The molecule has 0 saturated heterocycles. The Balaban J connectivity index is 2.10. The Bertz CT molecular complexity index is 389. The van der Waals surface area contributed by atoms with Crippen LogP contribution < -0.4 is 5.32 Å². The van der Waals surface area contributed by atoms with E-state index in [0.29, 0.717) is 0 Å². The van der Waals surface area contributed by atoms with Gasteiger partial charge in [0.15, 0.2) is 0 Å². The first-order valence-electron chi connectivity index (χ1n) is 4.25. The Morgan fingerprint density at radius 3 is 3.46 bits per heavy atom. The fourth-order valence-electron chi connectivity index (χ4n) is 1.63. The molecule has 4 nitrogen and oxygen atoms in total. The Kier molecular flexibility index (Phi) is 1.24. The number of nitrogens with one attached hydrogen (secondary N) is 2. The molecule has 0 fully saturated rings. The van der Waals surface area contributed by atoms with Gasteiger partial charge in [-0.1, -0.05) is 0 Å². The van der Waals surface area contributed by atoms with Crippen molar-refractivity contribution in [3.05, 3.63) is 35.5 Å². The smallest absolute Gasteiger partial charge is 0.132 e. The molecule has 4 heteroatoms. The lowest BCUT2D eigenvalue weighted by atomic mass is 10.2. The number of anilines is 1. The summed E-state index contributed by atoms with van der Waals surface area (Å²) in [5, 5.41) is 10.3. The van der Waals surface area contributed by atoms with E-state index in [1.807, 2.05) is 12.3 Å². The molecule has 3 heterocycles. The second-order valence-electron chi connectivity index (χ2n) is 3.16. The quantitative estimate of drug-likeness (QED) is 0.638. The number of hydrogen-bond acceptors (Lipinski definition) is 3. The lowest BCUT2D eigenvalue weighted by Crippen LogP contribution is -1.96. The van der Waals surface area contributed by atoms with Gasteiger partial charge in [0.2, 0.25) is 0 Å². The molecule has 66 valence electrons. The number of nitrogens with zero attached hydrogens (tertiary/aromatic N) is 1. The third-order valence-electron chi connectivity index (χ3n) is 2.36. The van der Waals surface area contributed by atoms with E-state index in [4.69, 9.17) is 4.42 Å². The van der Waals surface area contributed by atoms with Gasteiger partial charge in [-0.3, -0.25) is 5.10 Å². The van der Waals surface area contributed by atoms with Gasteiger partial charge in [-0.2, -0.15) is 5.10 Å². The summed E-state index contributed by atoms with van der Waals surface area (Å²) in [7, 11) is 0. The topological polar surface area (TPSA) is 53.9 Å². The number of fused-ring (bicyclic) bond motifs is 2. The van der Waals surface area contributed by atoms with Crippen LogP contribution in [0.2, 0.25) is 0 Å². The third-order valence-corrected chi connectivity index (χ3v) is 2.36. The number of aromatic amines is 1. The maximum Gasteiger partial charge on any atom is 0.132 e. The van der Waals surface area contributed by atoms with E-state index in [0.717, 1.165) is 30.1 Å². The highest BCUT2D eigenvalue weighted by Gasteiger charge is 2.15. The summed E-state index contributed by atoms with van der Waals surface area (Å²) in [6, 6.07) is 1.95. The summed E-state index contributed by atoms with van der Waals surface area (Å²) in [6.45, 7) is 0.818. The summed E-state index contributed by atoms with van der Waals surface area (Å²) in [5.74, 6) is 0.975. The van der Waals surface area contributed by atoms with Crippen LogP contribution in [0, 0.1) is 0 Å². The molecule has 0 spiro atoms. The second-order valence-corrected chi connectivity index (χ2v) is 3.16. The van der Waals surface area contributed by atoms with Crippen LogP contribution in [0.4, 0.5) is 5.69 Å². The zero-order valence-electron chi connectivity index (χ0n) is 7.00. The molecule has 2 aromatic heterocycles. The molecule has 2 aromatic rings. The van der Waals surface area contributed by atoms with Crippen molar-refractivity contribution in [2.75, 3.05) is 5.32 Å². The average Bonchev–Trinajstić information content (AvgIpc) is 2.72. The van der Waals surface area contributed by atoms with Crippen molar-refractivity contribution in [1.29, 1.82) is 0 Å². The summed E-state index contributed by atoms with van der Waals surface area (Å²) in [5.41, 5.74) is 3.44. The Labute approximate surface area is 75.0 Å². The van der Waals surface area contributed by atoms with Crippen LogP contribution in [-0.2, 0) is 13.0 Å².